The summed E-state index contributed by atoms with van der Waals surface area (Å²) in [6.07, 6.45) is 7.02. The molecule has 4 atom stereocenters. The number of fused-ring (bicyclic) bond motifs is 1. The van der Waals surface area contributed by atoms with Gasteiger partial charge in [0.1, 0.15) is 5.60 Å². The molecule has 2 aliphatic rings. The van der Waals surface area contributed by atoms with Gasteiger partial charge in [-0.05, 0) is 32.6 Å². The monoisotopic (exact) mass is 192 g/mol. The third-order valence-electron chi connectivity index (χ3n) is 3.74. The van der Waals surface area contributed by atoms with Gasteiger partial charge in [-0.25, -0.2) is 0 Å². The summed E-state index contributed by atoms with van der Waals surface area (Å²) in [7, 11) is 0. The maximum absolute atomic E-state index is 10.3. The van der Waals surface area contributed by atoms with Gasteiger partial charge in [-0.15, -0.1) is 6.42 Å². The number of allylic oxidation sites excluding steroid dienone is 1. The molecular formula is C12H16O2. The van der Waals surface area contributed by atoms with Crippen molar-refractivity contribution in [3.05, 3.63) is 12.2 Å². The lowest BCUT2D eigenvalue weighted by molar-refractivity contribution is 0.000317. The quantitative estimate of drug-likeness (QED) is 0.388. The minimum absolute atomic E-state index is 0.110. The van der Waals surface area contributed by atoms with E-state index >= 15 is 0 Å². The molecule has 14 heavy (non-hydrogen) atoms. The van der Waals surface area contributed by atoms with Gasteiger partial charge in [-0.1, -0.05) is 18.1 Å². The van der Waals surface area contributed by atoms with Gasteiger partial charge < -0.3 is 9.84 Å². The maximum Gasteiger partial charge on any atom is 0.156 e. The average Bonchev–Trinajstić information content (AvgIpc) is 2.78. The Kier molecular flexibility index (Phi) is 1.83. The van der Waals surface area contributed by atoms with Crippen molar-refractivity contribution in [1.29, 1.82) is 0 Å². The molecule has 1 aliphatic carbocycles. The highest BCUT2D eigenvalue weighted by Gasteiger charge is 2.68. The van der Waals surface area contributed by atoms with Crippen LogP contribution in [0.5, 0.6) is 0 Å². The molecule has 0 amide bonds. The molecule has 0 spiro atoms. The van der Waals surface area contributed by atoms with E-state index < -0.39 is 11.2 Å². The van der Waals surface area contributed by atoms with Gasteiger partial charge in [0, 0.05) is 0 Å². The molecule has 0 aromatic rings. The molecule has 1 saturated carbocycles. The fraction of sp³-hybridized carbons (Fsp3) is 0.667. The molecule has 0 radical (unpaired) electrons. The zero-order valence-electron chi connectivity index (χ0n) is 8.71. The molecule has 0 aromatic heterocycles. The van der Waals surface area contributed by atoms with Crippen molar-refractivity contribution >= 4 is 0 Å². The molecule has 76 valence electrons. The molecule has 1 N–H and O–H groups in total. The van der Waals surface area contributed by atoms with E-state index in [2.05, 4.69) is 12.5 Å². The summed E-state index contributed by atoms with van der Waals surface area (Å²) in [5.74, 6) is 2.78. The largest absolute Gasteiger partial charge is 0.374 e. The van der Waals surface area contributed by atoms with E-state index in [1.165, 1.54) is 0 Å². The maximum atomic E-state index is 10.3. The normalized spacial score (nSPS) is 50.4. The van der Waals surface area contributed by atoms with Crippen LogP contribution in [-0.2, 0) is 4.74 Å². The predicted molar refractivity (Wildman–Crippen MR) is 54.6 cm³/mol. The Morgan fingerprint density at radius 1 is 1.71 bits per heavy atom. The number of hydrogen-bond acceptors (Lipinski definition) is 2. The summed E-state index contributed by atoms with van der Waals surface area (Å²) in [4.78, 5) is 0. The van der Waals surface area contributed by atoms with Crippen LogP contribution in [0.1, 0.15) is 26.7 Å². The average molecular weight is 192 g/mol. The first-order chi connectivity index (χ1) is 6.43. The Labute approximate surface area is 85.0 Å². The lowest BCUT2D eigenvalue weighted by Gasteiger charge is -2.35. The van der Waals surface area contributed by atoms with Gasteiger partial charge in [0.25, 0.3) is 0 Å². The molecule has 2 fully saturated rings. The lowest BCUT2D eigenvalue weighted by atomic mass is 9.70. The summed E-state index contributed by atoms with van der Waals surface area (Å²) in [5.41, 5.74) is -0.538. The number of hydrogen-bond donors (Lipinski definition) is 1. The van der Waals surface area contributed by atoms with Crippen molar-refractivity contribution in [2.24, 2.45) is 5.92 Å². The van der Waals surface area contributed by atoms with Crippen molar-refractivity contribution < 1.29 is 9.84 Å². The Morgan fingerprint density at radius 2 is 2.36 bits per heavy atom. The highest BCUT2D eigenvalue weighted by Crippen LogP contribution is 2.55. The number of ether oxygens (including phenoxy) is 1. The lowest BCUT2D eigenvalue weighted by Crippen LogP contribution is -2.48. The Hall–Kier alpha value is -0.780. The van der Waals surface area contributed by atoms with E-state index in [1.807, 2.05) is 13.8 Å². The zero-order chi connectivity index (χ0) is 10.6. The Balaban J connectivity index is 2.25. The molecule has 2 nitrogen and oxygen atoms in total. The second-order valence-electron chi connectivity index (χ2n) is 4.70. The summed E-state index contributed by atoms with van der Waals surface area (Å²) in [6.45, 7) is 7.79. The summed E-state index contributed by atoms with van der Waals surface area (Å²) in [5, 5.41) is 10.3. The van der Waals surface area contributed by atoms with Gasteiger partial charge in [0.2, 0.25) is 0 Å². The van der Waals surface area contributed by atoms with E-state index in [1.54, 1.807) is 0 Å². The van der Waals surface area contributed by atoms with Crippen LogP contribution in [0.2, 0.25) is 0 Å². The SMILES string of the molecule is C#C[C@]1(O)C[C@@H](C(=C)C)C[C@@H]2O[C@@]21C. The number of terminal acetylenes is 1. The molecule has 1 aliphatic heterocycles. The number of epoxide rings is 1. The van der Waals surface area contributed by atoms with Crippen molar-refractivity contribution in [2.45, 2.75) is 44.0 Å². The highest BCUT2D eigenvalue weighted by atomic mass is 16.6. The molecule has 0 unspecified atom stereocenters. The second-order valence-corrected chi connectivity index (χ2v) is 4.70. The first-order valence-corrected chi connectivity index (χ1v) is 4.96. The molecular weight excluding hydrogens is 176 g/mol. The third kappa shape index (κ3) is 1.06. The highest BCUT2D eigenvalue weighted by molar-refractivity contribution is 5.30. The van der Waals surface area contributed by atoms with Crippen LogP contribution in [0, 0.1) is 18.3 Å². The van der Waals surface area contributed by atoms with Gasteiger partial charge in [0.15, 0.2) is 5.60 Å². The predicted octanol–water partition coefficient (Wildman–Crippen LogP) is 1.49. The van der Waals surface area contributed by atoms with Crippen LogP contribution < -0.4 is 0 Å². The first kappa shape index (κ1) is 9.76. The Bertz CT molecular complexity index is 328. The minimum atomic E-state index is -1.11. The van der Waals surface area contributed by atoms with E-state index in [-0.39, 0.29) is 12.0 Å². The van der Waals surface area contributed by atoms with E-state index in [9.17, 15) is 5.11 Å². The molecule has 1 heterocycles. The molecule has 2 heteroatoms. The van der Waals surface area contributed by atoms with E-state index in [4.69, 9.17) is 11.2 Å². The summed E-state index contributed by atoms with van der Waals surface area (Å²) in [6, 6.07) is 0. The van der Waals surface area contributed by atoms with Crippen LogP contribution in [0.3, 0.4) is 0 Å². The molecule has 1 saturated heterocycles. The second kappa shape index (κ2) is 2.62. The number of aliphatic hydroxyl groups is 1. The van der Waals surface area contributed by atoms with E-state index in [0.29, 0.717) is 6.42 Å². The molecule has 0 bridgehead atoms. The van der Waals surface area contributed by atoms with Crippen molar-refractivity contribution in [3.63, 3.8) is 0 Å². The summed E-state index contributed by atoms with van der Waals surface area (Å²) < 4.78 is 5.52. The minimum Gasteiger partial charge on any atom is -0.374 e. The van der Waals surface area contributed by atoms with Crippen LogP contribution >= 0.6 is 0 Å². The fourth-order valence-corrected chi connectivity index (χ4v) is 2.38. The Morgan fingerprint density at radius 3 is 2.86 bits per heavy atom. The summed E-state index contributed by atoms with van der Waals surface area (Å²) >= 11 is 0. The van der Waals surface area contributed by atoms with Crippen LogP contribution in [-0.4, -0.2) is 22.4 Å². The van der Waals surface area contributed by atoms with Crippen LogP contribution in [0.25, 0.3) is 0 Å². The third-order valence-corrected chi connectivity index (χ3v) is 3.74. The fourth-order valence-electron chi connectivity index (χ4n) is 2.38. The van der Waals surface area contributed by atoms with Crippen molar-refractivity contribution in [3.8, 4) is 12.3 Å². The van der Waals surface area contributed by atoms with E-state index in [0.717, 1.165) is 12.0 Å². The molecule has 0 aromatic carbocycles. The van der Waals surface area contributed by atoms with Gasteiger partial charge in [0.05, 0.1) is 6.10 Å². The van der Waals surface area contributed by atoms with Crippen LogP contribution in [0.4, 0.5) is 0 Å². The smallest absolute Gasteiger partial charge is 0.156 e. The zero-order valence-corrected chi connectivity index (χ0v) is 8.71. The van der Waals surface area contributed by atoms with Crippen molar-refractivity contribution in [1.82, 2.24) is 0 Å². The number of rotatable bonds is 1. The van der Waals surface area contributed by atoms with Gasteiger partial charge >= 0.3 is 0 Å². The standard InChI is InChI=1S/C12H16O2/c1-5-12(13)7-9(8(2)3)6-10-11(12,4)14-10/h1,9-10,13H,2,6-7H2,3-4H3/t9-,10-,11-,12-/m0/s1. The molecule has 2 rings (SSSR count). The first-order valence-electron chi connectivity index (χ1n) is 4.96. The van der Waals surface area contributed by atoms with Gasteiger partial charge in [-0.3, -0.25) is 0 Å². The van der Waals surface area contributed by atoms with Crippen molar-refractivity contribution in [2.75, 3.05) is 0 Å². The topological polar surface area (TPSA) is 32.8 Å². The van der Waals surface area contributed by atoms with Gasteiger partial charge in [-0.2, -0.15) is 0 Å². The van der Waals surface area contributed by atoms with Crippen LogP contribution in [0.15, 0.2) is 12.2 Å².